The fourth-order valence-electron chi connectivity index (χ4n) is 11.0. The van der Waals surface area contributed by atoms with Gasteiger partial charge in [0.25, 0.3) is 20.0 Å². The van der Waals surface area contributed by atoms with E-state index in [9.17, 15) is 36.0 Å². The topological polar surface area (TPSA) is 156 Å². The Hall–Kier alpha value is -6.04. The van der Waals surface area contributed by atoms with Gasteiger partial charge in [0.1, 0.15) is 36.5 Å². The predicted octanol–water partition coefficient (Wildman–Crippen LogP) is 5.55. The maximum atomic E-state index is 14.3. The van der Waals surface area contributed by atoms with Crippen molar-refractivity contribution in [1.29, 1.82) is 0 Å². The quantitative estimate of drug-likeness (QED) is 0.208. The number of likely N-dealkylation sites (N-methyl/N-ethyl adjacent to an activating group) is 2. The lowest BCUT2D eigenvalue weighted by Crippen LogP contribution is -2.65. The number of aryl methyl sites for hydroxylation is 1. The number of para-hydroxylation sites is 2. The first-order chi connectivity index (χ1) is 31.4. The number of anilines is 2. The van der Waals surface area contributed by atoms with Crippen molar-refractivity contribution in [3.8, 4) is 0 Å². The fourth-order valence-corrected chi connectivity index (χ4v) is 15.6. The molecule has 4 amide bonds. The molecule has 14 nitrogen and oxygen atoms in total. The van der Waals surface area contributed by atoms with Crippen LogP contribution in [0.2, 0.25) is 0 Å². The molecule has 0 radical (unpaired) electrons. The highest BCUT2D eigenvalue weighted by Crippen LogP contribution is 2.61. The summed E-state index contributed by atoms with van der Waals surface area (Å²) < 4.78 is 57.9. The summed E-state index contributed by atoms with van der Waals surface area (Å²) in [6.45, 7) is 5.36. The maximum absolute atomic E-state index is 14.3. The summed E-state index contributed by atoms with van der Waals surface area (Å²) in [6.07, 6.45) is -1.16. The molecule has 0 unspecified atom stereocenters. The summed E-state index contributed by atoms with van der Waals surface area (Å²) in [7, 11) is -4.80. The fraction of sp³-hybridized carbons (Fsp3) is 0.306. The summed E-state index contributed by atoms with van der Waals surface area (Å²) in [4.78, 5) is 59.9. The van der Waals surface area contributed by atoms with Crippen molar-refractivity contribution in [2.75, 3.05) is 22.7 Å². The molecule has 5 aromatic carbocycles. The number of sulfonamides is 2. The van der Waals surface area contributed by atoms with Crippen LogP contribution in [0.25, 0.3) is 0 Å². The van der Waals surface area contributed by atoms with Crippen LogP contribution >= 0.6 is 15.9 Å². The van der Waals surface area contributed by atoms with Crippen LogP contribution in [-0.4, -0.2) is 111 Å². The van der Waals surface area contributed by atoms with Crippen LogP contribution in [0.5, 0.6) is 0 Å². The van der Waals surface area contributed by atoms with Crippen LogP contribution in [0.4, 0.5) is 11.4 Å². The molecular formula is C49H47BrN6O8S2. The van der Waals surface area contributed by atoms with E-state index in [-0.39, 0.29) is 33.4 Å². The lowest BCUT2D eigenvalue weighted by atomic mass is 9.72. The van der Waals surface area contributed by atoms with Gasteiger partial charge < -0.3 is 19.6 Å². The summed E-state index contributed by atoms with van der Waals surface area (Å²) in [6, 6.07) is 36.3. The van der Waals surface area contributed by atoms with Gasteiger partial charge in [-0.2, -0.15) is 0 Å². The van der Waals surface area contributed by atoms with E-state index >= 15 is 0 Å². The lowest BCUT2D eigenvalue weighted by Gasteiger charge is -2.44. The van der Waals surface area contributed by atoms with Gasteiger partial charge in [-0.15, -0.1) is 0 Å². The molecule has 6 aliphatic rings. The molecule has 5 aromatic rings. The molecule has 340 valence electrons. The standard InChI is InChI=1S/C28H27N3O4S.C21H20BrN3O4S/c1-18-13-15-20(16-14-18)28-17-24-26(33)29(3)19(2)25(32)30(24)27(28)31(23-12-8-7-11-22(23)28)36(34,35)21-9-5-4-6-10-21;1-13-18(26)24-17(19(27)23(13)2)12-21(22)15-10-6-7-11-16(15)25(20(21)24)30(28,29)14-8-4-3-5-9-14/h4-16,19,24,27H,17H2,1-3H3;3-11,13,17,20H,12H2,1-2H3/t19-,24-,27-,28-;13-,17-,20-,21-/m00/s1. The number of fused-ring (bicyclic) bond motifs is 10. The molecule has 11 rings (SSSR count). The summed E-state index contributed by atoms with van der Waals surface area (Å²) in [5.41, 5.74) is 3.70. The first kappa shape index (κ1) is 43.8. The van der Waals surface area contributed by atoms with Gasteiger partial charge in [0.05, 0.1) is 30.9 Å². The zero-order valence-electron chi connectivity index (χ0n) is 36.7. The number of carbonyl (C=O) groups is 4. The van der Waals surface area contributed by atoms with E-state index in [1.54, 1.807) is 99.6 Å². The van der Waals surface area contributed by atoms with Gasteiger partial charge in [-0.05, 0) is 80.3 Å². The van der Waals surface area contributed by atoms with Gasteiger partial charge in [-0.3, -0.25) is 19.2 Å². The number of amides is 4. The van der Waals surface area contributed by atoms with Crippen molar-refractivity contribution < 1.29 is 36.0 Å². The van der Waals surface area contributed by atoms with E-state index in [1.165, 1.54) is 35.4 Å². The second-order valence-corrected chi connectivity index (χ2v) is 22.9. The minimum Gasteiger partial charge on any atom is -0.332 e. The summed E-state index contributed by atoms with van der Waals surface area (Å²) in [5.74, 6) is -0.848. The van der Waals surface area contributed by atoms with E-state index in [0.717, 1.165) is 22.3 Å². The second kappa shape index (κ2) is 15.3. The lowest BCUT2D eigenvalue weighted by molar-refractivity contribution is -0.158. The molecular weight excluding hydrogens is 945 g/mol. The van der Waals surface area contributed by atoms with Crippen LogP contribution < -0.4 is 8.61 Å². The largest absolute Gasteiger partial charge is 0.332 e. The number of benzene rings is 5. The van der Waals surface area contributed by atoms with E-state index in [1.807, 2.05) is 61.5 Å². The zero-order chi connectivity index (χ0) is 46.8. The van der Waals surface area contributed by atoms with Crippen LogP contribution in [-0.2, 0) is 49.0 Å². The highest BCUT2D eigenvalue weighted by molar-refractivity contribution is 9.09. The molecule has 0 aliphatic carbocycles. The van der Waals surface area contributed by atoms with E-state index in [0.29, 0.717) is 24.2 Å². The molecule has 0 spiro atoms. The van der Waals surface area contributed by atoms with Crippen molar-refractivity contribution in [3.05, 3.63) is 156 Å². The van der Waals surface area contributed by atoms with Crippen LogP contribution in [0.3, 0.4) is 0 Å². The Bertz CT molecular complexity index is 3070. The number of hydrogen-bond acceptors (Lipinski definition) is 8. The summed E-state index contributed by atoms with van der Waals surface area (Å²) >= 11 is 3.79. The molecule has 17 heteroatoms. The first-order valence-electron chi connectivity index (χ1n) is 21.7. The molecule has 0 saturated carbocycles. The molecule has 66 heavy (non-hydrogen) atoms. The van der Waals surface area contributed by atoms with Crippen molar-refractivity contribution in [3.63, 3.8) is 0 Å². The normalized spacial score (nSPS) is 28.6. The van der Waals surface area contributed by atoms with Crippen molar-refractivity contribution in [2.24, 2.45) is 0 Å². The van der Waals surface area contributed by atoms with E-state index in [4.69, 9.17) is 0 Å². The Kier molecular flexibility index (Phi) is 10.1. The average molecular weight is 992 g/mol. The number of carbonyl (C=O) groups excluding carboxylic acids is 4. The van der Waals surface area contributed by atoms with E-state index in [2.05, 4.69) is 15.9 Å². The third-order valence-corrected chi connectivity index (χ3v) is 19.3. The Morgan fingerprint density at radius 2 is 0.924 bits per heavy atom. The number of alkyl halides is 1. The maximum Gasteiger partial charge on any atom is 0.266 e. The molecule has 6 heterocycles. The minimum atomic E-state index is -4.07. The molecule has 0 bridgehead atoms. The third kappa shape index (κ3) is 5.94. The zero-order valence-corrected chi connectivity index (χ0v) is 39.9. The third-order valence-electron chi connectivity index (χ3n) is 14.5. The van der Waals surface area contributed by atoms with E-state index < -0.39 is 66.3 Å². The van der Waals surface area contributed by atoms with Gasteiger partial charge in [0, 0.05) is 20.5 Å². The van der Waals surface area contributed by atoms with Crippen LogP contribution in [0.1, 0.15) is 48.9 Å². The Morgan fingerprint density at radius 3 is 1.44 bits per heavy atom. The number of rotatable bonds is 5. The van der Waals surface area contributed by atoms with Crippen molar-refractivity contribution >= 4 is 71.0 Å². The molecule has 4 saturated heterocycles. The number of hydrogen-bond donors (Lipinski definition) is 0. The van der Waals surface area contributed by atoms with Crippen LogP contribution in [0.15, 0.2) is 143 Å². The molecule has 8 atom stereocenters. The Morgan fingerprint density at radius 1 is 0.515 bits per heavy atom. The predicted molar refractivity (Wildman–Crippen MR) is 250 cm³/mol. The average Bonchev–Trinajstić information content (AvgIpc) is 4.01. The Labute approximate surface area is 392 Å². The second-order valence-electron chi connectivity index (χ2n) is 17.9. The Balaban J connectivity index is 0.000000158. The summed E-state index contributed by atoms with van der Waals surface area (Å²) in [5, 5.41) is 0. The van der Waals surface area contributed by atoms with Crippen molar-refractivity contribution in [2.45, 2.75) is 89.6 Å². The molecule has 0 aromatic heterocycles. The number of nitrogens with zero attached hydrogens (tertiary/aromatic N) is 6. The molecule has 4 fully saturated rings. The highest BCUT2D eigenvalue weighted by Gasteiger charge is 2.69. The van der Waals surface area contributed by atoms with Gasteiger partial charge in [-0.25, -0.2) is 25.4 Å². The first-order valence-corrected chi connectivity index (χ1v) is 25.4. The van der Waals surface area contributed by atoms with Gasteiger partial charge >= 0.3 is 0 Å². The number of piperazine rings is 2. The van der Waals surface area contributed by atoms with Crippen LogP contribution in [0, 0.1) is 6.92 Å². The highest BCUT2D eigenvalue weighted by atomic mass is 79.9. The minimum absolute atomic E-state index is 0.140. The van der Waals surface area contributed by atoms with Crippen molar-refractivity contribution in [1.82, 2.24) is 19.6 Å². The number of halogens is 1. The monoisotopic (exact) mass is 990 g/mol. The smallest absolute Gasteiger partial charge is 0.266 e. The van der Waals surface area contributed by atoms with Gasteiger partial charge in [0.2, 0.25) is 23.6 Å². The SMILES string of the molecule is C[C@H]1C(=O)N2[C@@H](C[C@]3(Br)c4ccccc4N(S(=O)(=O)c4ccccc4)[C@H]23)C(=O)N1C.Cc1ccc([C@]23C[C@H]4C(=O)N(C)[C@@H](C)C(=O)N4[C@H]2N(S(=O)(=O)c2ccccc2)c2ccccc23)cc1. The molecule has 6 aliphatic heterocycles. The van der Waals surface area contributed by atoms with Gasteiger partial charge in [0.15, 0.2) is 0 Å². The molecule has 0 N–H and O–H groups in total. The van der Waals surface area contributed by atoms with Gasteiger partial charge in [-0.1, -0.05) is 119 Å².